The third-order valence-electron chi connectivity index (χ3n) is 1.87. The van der Waals surface area contributed by atoms with Crippen LogP contribution in [0.5, 0.6) is 5.88 Å². The molecule has 0 aliphatic carbocycles. The number of benzene rings is 1. The summed E-state index contributed by atoms with van der Waals surface area (Å²) < 4.78 is 1.05. The van der Waals surface area contributed by atoms with E-state index in [0.717, 1.165) is 4.68 Å². The lowest BCUT2D eigenvalue weighted by atomic mass is 10.3. The fourth-order valence-corrected chi connectivity index (χ4v) is 1.20. The maximum absolute atomic E-state index is 10.1. The van der Waals surface area contributed by atoms with Crippen LogP contribution in [0.25, 0.3) is 5.69 Å². The molecule has 6 nitrogen and oxygen atoms in total. The first-order valence-corrected chi connectivity index (χ1v) is 3.86. The number of rotatable bonds is 2. The number of hydrogen-bond acceptors (Lipinski definition) is 4. The molecular weight excluding hydrogens is 186 g/mol. The Kier molecular flexibility index (Phi) is 1.74. The smallest absolute Gasteiger partial charge is 0.293 e. The summed E-state index contributed by atoms with van der Waals surface area (Å²) in [6, 6.07) is 8.61. The fraction of sp³-hybridized carbons (Fsp3) is 0. The molecule has 2 aromatic rings. The number of nitrogens with zero attached hydrogens (tertiary/aromatic N) is 3. The molecule has 0 spiro atoms. The second-order valence-corrected chi connectivity index (χ2v) is 2.68. The van der Waals surface area contributed by atoms with Crippen molar-refractivity contribution in [2.45, 2.75) is 0 Å². The third kappa shape index (κ3) is 0.972. The predicted octanol–water partition coefficient (Wildman–Crippen LogP) is 1.62. The molecule has 1 heterocycles. The minimum Gasteiger partial charge on any atom is -0.490 e. The number of nitroso groups, excluding NO2 is 1. The van der Waals surface area contributed by atoms with Crippen molar-refractivity contribution in [2.24, 2.45) is 5.18 Å². The predicted molar refractivity (Wildman–Crippen MR) is 48.1 cm³/mol. The van der Waals surface area contributed by atoms with E-state index in [1.54, 1.807) is 30.3 Å². The lowest BCUT2D eigenvalue weighted by molar-refractivity contribution is 0.0977. The molecule has 0 atom stereocenters. The molecule has 6 heteroatoms. The standard InChI is InChI=1S/C8H7N3O3/c12-8-7(9-13)11(14)10(8)6-4-2-1-3-5-6/h1-5,12,14H. The zero-order valence-corrected chi connectivity index (χ0v) is 7.03. The van der Waals surface area contributed by atoms with Crippen LogP contribution < -0.4 is 0 Å². The fourth-order valence-electron chi connectivity index (χ4n) is 1.20. The highest BCUT2D eigenvalue weighted by Gasteiger charge is 2.22. The van der Waals surface area contributed by atoms with E-state index in [4.69, 9.17) is 0 Å². The Morgan fingerprint density at radius 2 is 1.86 bits per heavy atom. The van der Waals surface area contributed by atoms with Crippen molar-refractivity contribution < 1.29 is 10.3 Å². The molecule has 2 N–H and O–H groups in total. The van der Waals surface area contributed by atoms with Crippen LogP contribution in [0.1, 0.15) is 0 Å². The topological polar surface area (TPSA) is 79.8 Å². The molecule has 2 rings (SSSR count). The molecule has 0 unspecified atom stereocenters. The first-order chi connectivity index (χ1) is 6.75. The lowest BCUT2D eigenvalue weighted by Crippen LogP contribution is -2.18. The van der Waals surface area contributed by atoms with Crippen LogP contribution >= 0.6 is 0 Å². The van der Waals surface area contributed by atoms with Crippen LogP contribution in [-0.2, 0) is 0 Å². The Balaban J connectivity index is 2.50. The Morgan fingerprint density at radius 1 is 1.21 bits per heavy atom. The summed E-state index contributed by atoms with van der Waals surface area (Å²) in [6.07, 6.45) is 0. The first kappa shape index (κ1) is 8.36. The largest absolute Gasteiger partial charge is 0.490 e. The van der Waals surface area contributed by atoms with Crippen molar-refractivity contribution in [3.63, 3.8) is 0 Å². The Bertz CT molecular complexity index is 440. The van der Waals surface area contributed by atoms with Crippen LogP contribution in [0.2, 0.25) is 0 Å². The SMILES string of the molecule is O=Nc1c(O)n(-c2ccccc2)n1O. The summed E-state index contributed by atoms with van der Waals surface area (Å²) in [5.41, 5.74) is 0.542. The van der Waals surface area contributed by atoms with Crippen LogP contribution in [0, 0.1) is 4.91 Å². The van der Waals surface area contributed by atoms with Crippen molar-refractivity contribution >= 4 is 5.82 Å². The van der Waals surface area contributed by atoms with Gasteiger partial charge in [-0.05, 0) is 17.3 Å². The maximum atomic E-state index is 10.1. The highest BCUT2D eigenvalue weighted by molar-refractivity contribution is 5.48. The maximum Gasteiger partial charge on any atom is 0.293 e. The van der Waals surface area contributed by atoms with Gasteiger partial charge in [-0.3, -0.25) is 0 Å². The molecular formula is C8H7N3O3. The Labute approximate surface area is 78.5 Å². The highest BCUT2D eigenvalue weighted by atomic mass is 16.5. The van der Waals surface area contributed by atoms with Gasteiger partial charge in [0.05, 0.1) is 5.69 Å². The highest BCUT2D eigenvalue weighted by Crippen LogP contribution is 2.32. The number of aromatic nitrogens is 2. The van der Waals surface area contributed by atoms with Gasteiger partial charge in [0.25, 0.3) is 11.7 Å². The van der Waals surface area contributed by atoms with Gasteiger partial charge in [0.2, 0.25) is 0 Å². The van der Waals surface area contributed by atoms with E-state index in [0.29, 0.717) is 10.5 Å². The van der Waals surface area contributed by atoms with Crippen molar-refractivity contribution in [1.82, 2.24) is 9.53 Å². The van der Waals surface area contributed by atoms with E-state index in [-0.39, 0.29) is 5.88 Å². The monoisotopic (exact) mass is 193 g/mol. The van der Waals surface area contributed by atoms with Crippen LogP contribution in [-0.4, -0.2) is 19.8 Å². The Hall–Kier alpha value is -2.24. The molecule has 0 amide bonds. The summed E-state index contributed by atoms with van der Waals surface area (Å²) in [7, 11) is 0. The summed E-state index contributed by atoms with van der Waals surface area (Å²) in [5, 5.41) is 21.0. The number of aromatic hydroxyl groups is 1. The van der Waals surface area contributed by atoms with Crippen molar-refractivity contribution in [1.29, 1.82) is 0 Å². The molecule has 0 aliphatic rings. The van der Waals surface area contributed by atoms with E-state index >= 15 is 0 Å². The van der Waals surface area contributed by atoms with Gasteiger partial charge in [-0.1, -0.05) is 23.0 Å². The summed E-state index contributed by atoms with van der Waals surface area (Å²) in [6.45, 7) is 0. The van der Waals surface area contributed by atoms with E-state index in [1.807, 2.05) is 0 Å². The van der Waals surface area contributed by atoms with Gasteiger partial charge in [0.1, 0.15) is 0 Å². The van der Waals surface area contributed by atoms with Gasteiger partial charge in [-0.2, -0.15) is 4.68 Å². The summed E-state index contributed by atoms with van der Waals surface area (Å²) in [4.78, 5) is 10.6. The zero-order chi connectivity index (χ0) is 10.1. The summed E-state index contributed by atoms with van der Waals surface area (Å²) in [5.74, 6) is -0.762. The quantitative estimate of drug-likeness (QED) is 0.561. The van der Waals surface area contributed by atoms with Crippen LogP contribution in [0.4, 0.5) is 5.82 Å². The molecule has 0 saturated carbocycles. The minimum atomic E-state index is -0.395. The molecule has 0 radical (unpaired) electrons. The molecule has 1 aromatic carbocycles. The van der Waals surface area contributed by atoms with Crippen molar-refractivity contribution in [3.8, 4) is 11.6 Å². The molecule has 0 aliphatic heterocycles. The molecule has 72 valence electrons. The number of hydrogen-bond donors (Lipinski definition) is 2. The first-order valence-electron chi connectivity index (χ1n) is 3.86. The van der Waals surface area contributed by atoms with Gasteiger partial charge in [0.15, 0.2) is 0 Å². The van der Waals surface area contributed by atoms with Crippen molar-refractivity contribution in [3.05, 3.63) is 35.2 Å². The third-order valence-corrected chi connectivity index (χ3v) is 1.87. The van der Waals surface area contributed by atoms with E-state index in [9.17, 15) is 15.2 Å². The average molecular weight is 193 g/mol. The van der Waals surface area contributed by atoms with Gasteiger partial charge in [-0.15, -0.1) is 4.91 Å². The number of para-hydroxylation sites is 1. The van der Waals surface area contributed by atoms with Gasteiger partial charge in [-0.25, -0.2) is 0 Å². The molecule has 0 fully saturated rings. The van der Waals surface area contributed by atoms with Gasteiger partial charge >= 0.3 is 0 Å². The molecule has 1 aromatic heterocycles. The Morgan fingerprint density at radius 3 is 2.36 bits per heavy atom. The average Bonchev–Trinajstić information content (AvgIpc) is 2.20. The van der Waals surface area contributed by atoms with Gasteiger partial charge in [0, 0.05) is 0 Å². The lowest BCUT2D eigenvalue weighted by Gasteiger charge is -2.19. The summed E-state index contributed by atoms with van der Waals surface area (Å²) >= 11 is 0. The molecule has 0 saturated heterocycles. The second-order valence-electron chi connectivity index (χ2n) is 2.68. The van der Waals surface area contributed by atoms with E-state index < -0.39 is 5.82 Å². The van der Waals surface area contributed by atoms with Crippen LogP contribution in [0.15, 0.2) is 35.5 Å². The van der Waals surface area contributed by atoms with Gasteiger partial charge < -0.3 is 10.3 Å². The molecule has 0 bridgehead atoms. The molecule has 14 heavy (non-hydrogen) atoms. The normalized spacial score (nSPS) is 10.3. The minimum absolute atomic E-state index is 0.367. The second kappa shape index (κ2) is 2.91. The van der Waals surface area contributed by atoms with E-state index in [2.05, 4.69) is 5.18 Å². The zero-order valence-electron chi connectivity index (χ0n) is 7.03. The van der Waals surface area contributed by atoms with Crippen LogP contribution in [0.3, 0.4) is 0 Å². The van der Waals surface area contributed by atoms with Crippen molar-refractivity contribution in [2.75, 3.05) is 0 Å². The van der Waals surface area contributed by atoms with E-state index in [1.165, 1.54) is 0 Å².